The number of piperazine rings is 1. The summed E-state index contributed by atoms with van der Waals surface area (Å²) in [6.07, 6.45) is -10.5. The molecule has 4 heterocycles. The monoisotopic (exact) mass is 1110 g/mol. The lowest BCUT2D eigenvalue weighted by Crippen LogP contribution is -2.63. The number of halogens is 10. The zero-order valence-corrected chi connectivity index (χ0v) is 43.2. The van der Waals surface area contributed by atoms with Gasteiger partial charge in [-0.25, -0.2) is 33.0 Å². The van der Waals surface area contributed by atoms with Crippen LogP contribution in [0.15, 0.2) is 67.1 Å². The van der Waals surface area contributed by atoms with Gasteiger partial charge < -0.3 is 35.4 Å². The van der Waals surface area contributed by atoms with Crippen LogP contribution in [0.2, 0.25) is 0 Å². The number of ether oxygens (including phenoxy) is 2. The fraction of sp³-hybridized carbons (Fsp3) is 0.490. The molecule has 17 nitrogen and oxygen atoms in total. The zero-order valence-electron chi connectivity index (χ0n) is 43.2. The topological polar surface area (TPSA) is 196 Å². The van der Waals surface area contributed by atoms with Crippen LogP contribution in [0.4, 0.5) is 59.3 Å². The van der Waals surface area contributed by atoms with Gasteiger partial charge in [0.2, 0.25) is 5.91 Å². The highest BCUT2D eigenvalue weighted by Crippen LogP contribution is 2.42. The molecule has 4 aromatic rings. The second-order valence-corrected chi connectivity index (χ2v) is 20.0. The summed E-state index contributed by atoms with van der Waals surface area (Å²) in [5.74, 6) is 0.792. The molecule has 78 heavy (non-hydrogen) atoms. The largest absolute Gasteiger partial charge is 0.453 e. The van der Waals surface area contributed by atoms with E-state index in [0.717, 1.165) is 58.4 Å². The molecular formula is C51H58F10N10O7. The van der Waals surface area contributed by atoms with Gasteiger partial charge in [-0.05, 0) is 102 Å². The highest BCUT2D eigenvalue weighted by Gasteiger charge is 2.57. The van der Waals surface area contributed by atoms with Crippen molar-refractivity contribution in [3.05, 3.63) is 101 Å². The number of alkyl carbamates (subject to hydrolysis) is 2. The molecule has 4 amide bonds. The summed E-state index contributed by atoms with van der Waals surface area (Å²) in [5, 5.41) is 21.9. The first-order valence-corrected chi connectivity index (χ1v) is 24.1. The molecule has 6 rings (SSSR count). The van der Waals surface area contributed by atoms with Gasteiger partial charge in [0, 0.05) is 72.9 Å². The third-order valence-corrected chi connectivity index (χ3v) is 14.1. The van der Waals surface area contributed by atoms with E-state index in [1.54, 1.807) is 23.6 Å². The summed E-state index contributed by atoms with van der Waals surface area (Å²) < 4.78 is 155. The highest BCUT2D eigenvalue weighted by atomic mass is 19.4. The van der Waals surface area contributed by atoms with Crippen molar-refractivity contribution in [1.82, 2.24) is 46.0 Å². The minimum Gasteiger partial charge on any atom is -0.453 e. The van der Waals surface area contributed by atoms with Crippen molar-refractivity contribution in [3.63, 3.8) is 0 Å². The molecule has 0 aliphatic carbocycles. The van der Waals surface area contributed by atoms with Gasteiger partial charge in [0.25, 0.3) is 5.91 Å². The molecule has 6 atom stereocenters. The first-order chi connectivity index (χ1) is 36.4. The van der Waals surface area contributed by atoms with Crippen LogP contribution in [0.1, 0.15) is 69.3 Å². The Hall–Kier alpha value is -7.18. The number of carbonyl (C=O) groups excluding carboxylic acids is 4. The Labute approximate surface area is 442 Å². The Balaban J connectivity index is 1.34. The fourth-order valence-electron chi connectivity index (χ4n) is 8.88. The molecule has 0 saturated carbocycles. The van der Waals surface area contributed by atoms with Crippen LogP contribution in [-0.4, -0.2) is 143 Å². The number of likely N-dealkylation sites (N-methyl/N-ethyl adjacent to an activating group) is 1. The van der Waals surface area contributed by atoms with E-state index >= 15 is 8.78 Å². The number of methoxy groups -OCH3 is 2. The number of hydrazine groups is 1. The lowest BCUT2D eigenvalue weighted by atomic mass is 9.82. The van der Waals surface area contributed by atoms with Crippen LogP contribution < -0.4 is 26.3 Å². The summed E-state index contributed by atoms with van der Waals surface area (Å²) in [5.41, 5.74) is -4.20. The Kier molecular flexibility index (Phi) is 18.7. The number of fused-ring (bicyclic) bond motifs is 2. The Bertz CT molecular complexity index is 2800. The molecule has 424 valence electrons. The zero-order chi connectivity index (χ0) is 57.7. The quantitative estimate of drug-likeness (QED) is 0.0396. The van der Waals surface area contributed by atoms with E-state index in [1.807, 2.05) is 22.9 Å². The molecule has 2 saturated heterocycles. The number of aromatic nitrogens is 3. The van der Waals surface area contributed by atoms with Crippen LogP contribution in [-0.2, 0) is 32.0 Å². The molecule has 2 aromatic heterocycles. The SMILES string of the molecule is COC(=O)N[C@H](C(=O)N[C@@H](Cc1ccc(C#Cc2ccc(N3CC4CCC(C3)N4C)nc2)cc1)[C@@H](O)CN(Cc1c(F)cc(-c2cnn(C(F)F)c2)cc1F)NC(=O)[C@@H](NC(=O)OC)C(C)(C)C(F)(F)F)C(C)(C)C(F)(F)F. The highest BCUT2D eigenvalue weighted by molar-refractivity contribution is 5.87. The second kappa shape index (κ2) is 24.2. The van der Waals surface area contributed by atoms with Crippen molar-refractivity contribution in [2.45, 2.75) is 109 Å². The van der Waals surface area contributed by atoms with Crippen molar-refractivity contribution in [2.24, 2.45) is 10.8 Å². The number of hydrogen-bond acceptors (Lipinski definition) is 12. The van der Waals surface area contributed by atoms with Gasteiger partial charge in [-0.2, -0.15) is 40.2 Å². The molecule has 5 N–H and O–H groups in total. The number of alkyl halides is 8. The number of anilines is 1. The Morgan fingerprint density at radius 2 is 1.29 bits per heavy atom. The lowest BCUT2D eigenvalue weighted by Gasteiger charge is -2.39. The van der Waals surface area contributed by atoms with Gasteiger partial charge >= 0.3 is 31.1 Å². The molecule has 2 aliphatic rings. The number of nitrogens with one attached hydrogen (secondary N) is 4. The lowest BCUT2D eigenvalue weighted by molar-refractivity contribution is -0.221. The molecule has 2 bridgehead atoms. The van der Waals surface area contributed by atoms with E-state index in [2.05, 4.69) is 53.6 Å². The number of rotatable bonds is 18. The van der Waals surface area contributed by atoms with E-state index in [1.165, 1.54) is 12.1 Å². The van der Waals surface area contributed by atoms with E-state index in [-0.39, 0.29) is 21.4 Å². The molecule has 2 fully saturated rings. The maximum Gasteiger partial charge on any atom is 0.407 e. The summed E-state index contributed by atoms with van der Waals surface area (Å²) in [7, 11) is 3.73. The van der Waals surface area contributed by atoms with E-state index < -0.39 is 115 Å². The number of aliphatic hydroxyl groups excluding tert-OH is 1. The first kappa shape index (κ1) is 60.1. The van der Waals surface area contributed by atoms with Crippen LogP contribution in [0, 0.1) is 34.3 Å². The minimum atomic E-state index is -5.23. The molecule has 2 aliphatic heterocycles. The summed E-state index contributed by atoms with van der Waals surface area (Å²) in [4.78, 5) is 62.0. The van der Waals surface area contributed by atoms with Gasteiger partial charge in [0.05, 0.1) is 43.4 Å². The summed E-state index contributed by atoms with van der Waals surface area (Å²) >= 11 is 0. The molecule has 27 heteroatoms. The Morgan fingerprint density at radius 3 is 1.78 bits per heavy atom. The second-order valence-electron chi connectivity index (χ2n) is 20.0. The number of nitrogens with zero attached hydrogens (tertiary/aromatic N) is 6. The van der Waals surface area contributed by atoms with Crippen molar-refractivity contribution in [3.8, 4) is 23.0 Å². The number of benzene rings is 2. The van der Waals surface area contributed by atoms with Crippen LogP contribution >= 0.6 is 0 Å². The number of aliphatic hydroxyl groups is 1. The average Bonchev–Trinajstić information content (AvgIpc) is 3.98. The van der Waals surface area contributed by atoms with Crippen LogP contribution in [0.3, 0.4) is 0 Å². The third-order valence-electron chi connectivity index (χ3n) is 14.1. The molecule has 0 spiro atoms. The molecular weight excluding hydrogens is 1050 g/mol. The van der Waals surface area contributed by atoms with Gasteiger partial charge in [-0.15, -0.1) is 0 Å². The maximum absolute atomic E-state index is 16.0. The van der Waals surface area contributed by atoms with E-state index in [0.29, 0.717) is 68.0 Å². The molecule has 0 radical (unpaired) electrons. The first-order valence-electron chi connectivity index (χ1n) is 24.1. The van der Waals surface area contributed by atoms with E-state index in [4.69, 9.17) is 0 Å². The van der Waals surface area contributed by atoms with Gasteiger partial charge in [-0.1, -0.05) is 24.0 Å². The fourth-order valence-corrected chi connectivity index (χ4v) is 8.88. The maximum atomic E-state index is 16.0. The number of hydrogen-bond donors (Lipinski definition) is 5. The number of amides is 4. The summed E-state index contributed by atoms with van der Waals surface area (Å²) in [6, 6.07) is 5.25. The van der Waals surface area contributed by atoms with Crippen LogP contribution in [0.5, 0.6) is 0 Å². The Morgan fingerprint density at radius 1 is 0.769 bits per heavy atom. The predicted molar refractivity (Wildman–Crippen MR) is 261 cm³/mol. The minimum absolute atomic E-state index is 0.173. The number of carbonyl (C=O) groups is 4. The van der Waals surface area contributed by atoms with Crippen molar-refractivity contribution in [1.29, 1.82) is 0 Å². The van der Waals surface area contributed by atoms with Gasteiger partial charge in [0.1, 0.15) is 29.5 Å². The van der Waals surface area contributed by atoms with Gasteiger partial charge in [-0.3, -0.25) is 19.9 Å². The normalized spacial score (nSPS) is 17.6. The molecule has 2 aromatic carbocycles. The smallest absolute Gasteiger partial charge is 0.407 e. The number of pyridine rings is 1. The molecule has 2 unspecified atom stereocenters. The van der Waals surface area contributed by atoms with Crippen molar-refractivity contribution in [2.75, 3.05) is 45.8 Å². The third kappa shape index (κ3) is 14.1. The van der Waals surface area contributed by atoms with Crippen molar-refractivity contribution >= 4 is 29.8 Å². The van der Waals surface area contributed by atoms with E-state index in [9.17, 15) is 59.4 Å². The van der Waals surface area contributed by atoms with Crippen molar-refractivity contribution < 1.29 is 77.7 Å². The average molecular weight is 1110 g/mol. The van der Waals surface area contributed by atoms with Gasteiger partial charge in [0.15, 0.2) is 0 Å². The standard InChI is InChI=1S/C51H58F10N10O7/c1-48(2,50(56,57)58)41(65-46(75)77-6)43(73)64-38(18-29-11-8-28(9-12-29)10-13-30-14-17-40(62-21-30)69-24-33-15-16-34(25-69)68(33)5)39(72)27-70(67-44(74)42(66-47(76)78-7)49(3,4)51(59,60)61)26-35-36(52)19-31(20-37(35)53)32-22-63-71(23-32)45(54)55/h8-9,11-12,14,17,19-23,33-34,38-39,41-42,45,72H,15-16,18,24-27H2,1-7H3,(H,64,73)(H,65,75)(H,66,76)(H,67,74)/t33?,34?,38-,39-,41+,42+/m0/s1. The predicted octanol–water partition coefficient (Wildman–Crippen LogP) is 6.85. The summed E-state index contributed by atoms with van der Waals surface area (Å²) in [6.45, 7) is -1.41. The van der Waals surface area contributed by atoms with Crippen LogP contribution in [0.25, 0.3) is 11.1 Å².